The molecule has 0 unspecified atom stereocenters. The molecule has 0 spiro atoms. The van der Waals surface area contributed by atoms with Gasteiger partial charge >= 0.3 is 6.16 Å². The van der Waals surface area contributed by atoms with Crippen molar-refractivity contribution in [2.24, 2.45) is 0 Å². The molecule has 0 saturated carbocycles. The number of rotatable bonds is 0. The Morgan fingerprint density at radius 3 is 2.57 bits per heavy atom. The first-order valence-electron chi connectivity index (χ1n) is 1.19. The third-order valence-electron chi connectivity index (χ3n) is 0.192. The average molecular weight is 121 g/mol. The van der Waals surface area contributed by atoms with Crippen molar-refractivity contribution in [2.45, 2.75) is 0 Å². The molecule has 0 rings (SSSR count). The maximum atomic E-state index is 9.61. The van der Waals surface area contributed by atoms with Gasteiger partial charge < -0.3 is 9.03 Å². The molecule has 0 aliphatic rings. The van der Waals surface area contributed by atoms with Crippen LogP contribution in [0.3, 0.4) is 0 Å². The zero-order chi connectivity index (χ0) is 5.70. The number of nitrogens with zero attached hydrogens (tertiary/aromatic N) is 1. The standard InChI is InChI=1S/C2ClNO3/c3-7-2(5)6-1-4. The van der Waals surface area contributed by atoms with Gasteiger partial charge in [0, 0.05) is 0 Å². The third-order valence-corrected chi connectivity index (χ3v) is 0.318. The van der Waals surface area contributed by atoms with Gasteiger partial charge in [-0.15, -0.1) is 5.26 Å². The van der Waals surface area contributed by atoms with Gasteiger partial charge in [-0.1, -0.05) is 0 Å². The predicted octanol–water partition coefficient (Wildman–Crippen LogP) is 0.774. The highest BCUT2D eigenvalue weighted by Gasteiger charge is 1.97. The summed E-state index contributed by atoms with van der Waals surface area (Å²) in [6, 6.07) is 0. The fourth-order valence-corrected chi connectivity index (χ4v) is 0.0845. The fourth-order valence-electron chi connectivity index (χ4n) is 0.0530. The number of ether oxygens (including phenoxy) is 1. The Hall–Kier alpha value is -0.950. The first kappa shape index (κ1) is 6.05. The summed E-state index contributed by atoms with van der Waals surface area (Å²) in [5.41, 5.74) is 0. The molecule has 0 N–H and O–H groups in total. The van der Waals surface area contributed by atoms with Gasteiger partial charge in [0.2, 0.25) is 0 Å². The first-order valence-corrected chi connectivity index (χ1v) is 1.50. The van der Waals surface area contributed by atoms with Crippen LogP contribution in [0.4, 0.5) is 4.79 Å². The van der Waals surface area contributed by atoms with Gasteiger partial charge in [-0.3, -0.25) is 0 Å². The molecule has 0 heterocycles. The van der Waals surface area contributed by atoms with Crippen LogP contribution in [-0.2, 0) is 9.03 Å². The summed E-state index contributed by atoms with van der Waals surface area (Å²) in [6.07, 6.45) is -0.159. The topological polar surface area (TPSA) is 59.3 Å². The summed E-state index contributed by atoms with van der Waals surface area (Å²) >= 11 is 4.41. The highest BCUT2D eigenvalue weighted by atomic mass is 35.5. The molecule has 7 heavy (non-hydrogen) atoms. The lowest BCUT2D eigenvalue weighted by Crippen LogP contribution is -1.93. The van der Waals surface area contributed by atoms with Crippen molar-refractivity contribution in [3.05, 3.63) is 0 Å². The van der Waals surface area contributed by atoms with Crippen molar-refractivity contribution in [3.8, 4) is 6.26 Å². The van der Waals surface area contributed by atoms with Crippen LogP contribution >= 0.6 is 11.9 Å². The quantitative estimate of drug-likeness (QED) is 0.351. The molecule has 0 aliphatic heterocycles. The van der Waals surface area contributed by atoms with Crippen LogP contribution in [0.2, 0.25) is 0 Å². The lowest BCUT2D eigenvalue weighted by Gasteiger charge is -1.81. The molecule has 0 aromatic carbocycles. The highest BCUT2D eigenvalue weighted by Crippen LogP contribution is 1.84. The minimum absolute atomic E-state index is 1.06. The van der Waals surface area contributed by atoms with E-state index in [1.54, 1.807) is 0 Å². The predicted molar refractivity (Wildman–Crippen MR) is 19.0 cm³/mol. The van der Waals surface area contributed by atoms with Crippen LogP contribution in [0.15, 0.2) is 0 Å². The Bertz CT molecular complexity index is 106. The summed E-state index contributed by atoms with van der Waals surface area (Å²) in [4.78, 5) is 9.61. The van der Waals surface area contributed by atoms with Crippen LogP contribution < -0.4 is 0 Å². The van der Waals surface area contributed by atoms with E-state index < -0.39 is 6.16 Å². The Morgan fingerprint density at radius 1 is 1.86 bits per heavy atom. The molecular formula is C2ClNO3. The Labute approximate surface area is 44.4 Å². The number of carbonyl (C=O) groups is 1. The normalized spacial score (nSPS) is 6.29. The van der Waals surface area contributed by atoms with Crippen LogP contribution in [-0.4, -0.2) is 6.16 Å². The minimum Gasteiger partial charge on any atom is -0.317 e. The molecule has 0 aliphatic carbocycles. The van der Waals surface area contributed by atoms with Gasteiger partial charge in [0.1, 0.15) is 11.9 Å². The zero-order valence-electron chi connectivity index (χ0n) is 3.05. The third kappa shape index (κ3) is 2.86. The largest absolute Gasteiger partial charge is 0.542 e. The molecule has 0 saturated heterocycles. The van der Waals surface area contributed by atoms with E-state index in [0.29, 0.717) is 0 Å². The Morgan fingerprint density at radius 2 is 2.43 bits per heavy atom. The van der Waals surface area contributed by atoms with Gasteiger partial charge in [0.15, 0.2) is 0 Å². The molecule has 4 nitrogen and oxygen atoms in total. The van der Waals surface area contributed by atoms with Crippen molar-refractivity contribution in [1.29, 1.82) is 5.26 Å². The maximum Gasteiger partial charge on any atom is 0.542 e. The Balaban J connectivity index is 3.23. The summed E-state index contributed by atoms with van der Waals surface area (Å²) < 4.78 is 6.88. The molecule has 0 atom stereocenters. The maximum absolute atomic E-state index is 9.61. The number of carbonyl (C=O) groups excluding carboxylic acids is 1. The molecule has 0 aromatic rings. The van der Waals surface area contributed by atoms with Crippen LogP contribution in [0.25, 0.3) is 0 Å². The average Bonchev–Trinajstić information content (AvgIpc) is 1.68. The second-order valence-corrected chi connectivity index (χ2v) is 0.675. The van der Waals surface area contributed by atoms with E-state index in [1.165, 1.54) is 0 Å². The van der Waals surface area contributed by atoms with Gasteiger partial charge in [-0.25, -0.2) is 4.79 Å². The molecular weight excluding hydrogens is 121 g/mol. The van der Waals surface area contributed by atoms with E-state index in [0.717, 1.165) is 6.26 Å². The van der Waals surface area contributed by atoms with E-state index in [9.17, 15) is 4.79 Å². The number of halogens is 1. The fraction of sp³-hybridized carbons (Fsp3) is 0. The molecule has 0 bridgehead atoms. The van der Waals surface area contributed by atoms with Crippen molar-refractivity contribution < 1.29 is 13.8 Å². The lowest BCUT2D eigenvalue weighted by molar-refractivity contribution is 0.145. The van der Waals surface area contributed by atoms with Crippen molar-refractivity contribution in [2.75, 3.05) is 0 Å². The van der Waals surface area contributed by atoms with E-state index in [-0.39, 0.29) is 0 Å². The second kappa shape index (κ2) is 3.25. The first-order chi connectivity index (χ1) is 3.31. The Kier molecular flexibility index (Phi) is 2.81. The molecule has 0 amide bonds. The van der Waals surface area contributed by atoms with Crippen molar-refractivity contribution in [1.82, 2.24) is 0 Å². The summed E-state index contributed by atoms with van der Waals surface area (Å²) in [6.45, 7) is 0. The molecule has 38 valence electrons. The van der Waals surface area contributed by atoms with Crippen molar-refractivity contribution >= 4 is 18.0 Å². The van der Waals surface area contributed by atoms with Gasteiger partial charge in [-0.05, 0) is 0 Å². The van der Waals surface area contributed by atoms with Crippen LogP contribution in [0, 0.1) is 11.5 Å². The van der Waals surface area contributed by atoms with E-state index >= 15 is 0 Å². The van der Waals surface area contributed by atoms with Crippen LogP contribution in [0.1, 0.15) is 0 Å². The lowest BCUT2D eigenvalue weighted by atomic mass is 11.3. The van der Waals surface area contributed by atoms with Gasteiger partial charge in [0.25, 0.3) is 6.26 Å². The molecule has 5 heteroatoms. The van der Waals surface area contributed by atoms with Crippen LogP contribution in [0.5, 0.6) is 0 Å². The van der Waals surface area contributed by atoms with Gasteiger partial charge in [0.05, 0.1) is 0 Å². The van der Waals surface area contributed by atoms with E-state index in [1.807, 2.05) is 0 Å². The molecule has 0 fully saturated rings. The summed E-state index contributed by atoms with van der Waals surface area (Å²) in [7, 11) is 0. The molecule has 0 radical (unpaired) electrons. The van der Waals surface area contributed by atoms with Gasteiger partial charge in [-0.2, -0.15) is 0 Å². The number of hydrogen-bond acceptors (Lipinski definition) is 4. The number of nitriles is 1. The second-order valence-electron chi connectivity index (χ2n) is 0.521. The minimum atomic E-state index is -1.22. The molecule has 0 aromatic heterocycles. The monoisotopic (exact) mass is 121 g/mol. The SMILES string of the molecule is N#COC(=O)OCl. The van der Waals surface area contributed by atoms with Crippen molar-refractivity contribution in [3.63, 3.8) is 0 Å². The summed E-state index contributed by atoms with van der Waals surface area (Å²) in [5.74, 6) is 0. The van der Waals surface area contributed by atoms with E-state index in [2.05, 4.69) is 20.9 Å². The zero-order valence-corrected chi connectivity index (χ0v) is 3.81. The summed E-state index contributed by atoms with van der Waals surface area (Å²) in [5, 5.41) is 7.54. The number of hydrogen-bond donors (Lipinski definition) is 0. The highest BCUT2D eigenvalue weighted by molar-refractivity contribution is 6.12. The smallest absolute Gasteiger partial charge is 0.317 e. The van der Waals surface area contributed by atoms with E-state index in [4.69, 9.17) is 5.26 Å².